The summed E-state index contributed by atoms with van der Waals surface area (Å²) >= 11 is 5.75. The highest BCUT2D eigenvalue weighted by Gasteiger charge is 2.08. The predicted molar refractivity (Wildman–Crippen MR) is 76.4 cm³/mol. The molecular formula is C12H12ClN3O2S. The number of H-pyrrole nitrogens is 1. The van der Waals surface area contributed by atoms with Crippen molar-refractivity contribution in [2.75, 3.05) is 4.72 Å². The largest absolute Gasteiger partial charge is 0.264 e. The van der Waals surface area contributed by atoms with Crippen LogP contribution in [0.5, 0.6) is 0 Å². The zero-order valence-corrected chi connectivity index (χ0v) is 11.7. The quantitative estimate of drug-likeness (QED) is 0.911. The zero-order chi connectivity index (χ0) is 13.9. The van der Waals surface area contributed by atoms with Gasteiger partial charge in [-0.15, -0.1) is 0 Å². The van der Waals surface area contributed by atoms with Crippen molar-refractivity contribution in [3.8, 4) is 0 Å². The standard InChI is InChI=1S/C12H12ClN3O2S/c1-9-8-14-15-12(9)16-19(17,18)7-6-10-2-4-11(13)5-3-10/h2-8H,1H3,(H2,14,15,16)/b7-6+. The SMILES string of the molecule is Cc1cn[nH]c1NS(=O)(=O)/C=C/c1ccc(Cl)cc1. The van der Waals surface area contributed by atoms with Crippen molar-refractivity contribution in [3.05, 3.63) is 52.0 Å². The van der Waals surface area contributed by atoms with Crippen molar-refractivity contribution in [2.24, 2.45) is 0 Å². The summed E-state index contributed by atoms with van der Waals surface area (Å²) in [4.78, 5) is 0. The molecule has 0 unspecified atom stereocenters. The molecule has 1 heterocycles. The van der Waals surface area contributed by atoms with E-state index in [9.17, 15) is 8.42 Å². The number of aromatic nitrogens is 2. The lowest BCUT2D eigenvalue weighted by Crippen LogP contribution is -2.09. The molecule has 0 aliphatic rings. The average Bonchev–Trinajstić information content (AvgIpc) is 2.74. The van der Waals surface area contributed by atoms with Crippen molar-refractivity contribution in [3.63, 3.8) is 0 Å². The van der Waals surface area contributed by atoms with Gasteiger partial charge < -0.3 is 0 Å². The Morgan fingerprint density at radius 3 is 2.58 bits per heavy atom. The van der Waals surface area contributed by atoms with Gasteiger partial charge in [0.2, 0.25) is 0 Å². The van der Waals surface area contributed by atoms with Gasteiger partial charge in [0, 0.05) is 10.6 Å². The number of hydrogen-bond acceptors (Lipinski definition) is 3. The van der Waals surface area contributed by atoms with Gasteiger partial charge in [0.25, 0.3) is 10.0 Å². The van der Waals surface area contributed by atoms with E-state index in [4.69, 9.17) is 11.6 Å². The molecule has 0 aliphatic heterocycles. The minimum atomic E-state index is -3.57. The minimum absolute atomic E-state index is 0.362. The smallest absolute Gasteiger partial charge is 0.256 e. The summed E-state index contributed by atoms with van der Waals surface area (Å²) in [6.45, 7) is 1.75. The van der Waals surface area contributed by atoms with Gasteiger partial charge in [0.05, 0.1) is 11.6 Å². The second kappa shape index (κ2) is 5.46. The molecule has 0 spiro atoms. The van der Waals surface area contributed by atoms with E-state index in [2.05, 4.69) is 14.9 Å². The van der Waals surface area contributed by atoms with Gasteiger partial charge in [-0.25, -0.2) is 8.42 Å². The Morgan fingerprint density at radius 2 is 2.00 bits per heavy atom. The number of halogens is 1. The summed E-state index contributed by atoms with van der Waals surface area (Å²) in [5, 5.41) is 8.02. The molecule has 0 bridgehead atoms. The fourth-order valence-electron chi connectivity index (χ4n) is 1.37. The first-order valence-electron chi connectivity index (χ1n) is 5.43. The van der Waals surface area contributed by atoms with Crippen molar-refractivity contribution in [1.29, 1.82) is 0 Å². The molecule has 2 rings (SSSR count). The van der Waals surface area contributed by atoms with E-state index in [1.807, 2.05) is 0 Å². The lowest BCUT2D eigenvalue weighted by molar-refractivity contribution is 0.609. The van der Waals surface area contributed by atoms with Crippen LogP contribution in [0.3, 0.4) is 0 Å². The van der Waals surface area contributed by atoms with Crippen LogP contribution in [0.15, 0.2) is 35.9 Å². The number of hydrogen-bond donors (Lipinski definition) is 2. The van der Waals surface area contributed by atoms with E-state index in [1.165, 1.54) is 6.08 Å². The zero-order valence-electron chi connectivity index (χ0n) is 10.1. The van der Waals surface area contributed by atoms with Crippen LogP contribution in [0, 0.1) is 6.92 Å². The van der Waals surface area contributed by atoms with E-state index in [1.54, 1.807) is 37.4 Å². The summed E-state index contributed by atoms with van der Waals surface area (Å²) in [7, 11) is -3.57. The van der Waals surface area contributed by atoms with E-state index < -0.39 is 10.0 Å². The highest BCUT2D eigenvalue weighted by atomic mass is 35.5. The molecular weight excluding hydrogens is 286 g/mol. The first kappa shape index (κ1) is 13.6. The highest BCUT2D eigenvalue weighted by Crippen LogP contribution is 2.14. The van der Waals surface area contributed by atoms with Crippen LogP contribution in [0.2, 0.25) is 5.02 Å². The number of nitrogens with one attached hydrogen (secondary N) is 2. The third-order valence-corrected chi connectivity index (χ3v) is 3.62. The van der Waals surface area contributed by atoms with Gasteiger partial charge in [-0.1, -0.05) is 23.7 Å². The number of aryl methyl sites for hydroxylation is 1. The number of aromatic amines is 1. The topological polar surface area (TPSA) is 74.8 Å². The molecule has 2 aromatic rings. The van der Waals surface area contributed by atoms with Crippen LogP contribution in [0.4, 0.5) is 5.82 Å². The number of anilines is 1. The van der Waals surface area contributed by atoms with Gasteiger partial charge in [0.15, 0.2) is 0 Å². The highest BCUT2D eigenvalue weighted by molar-refractivity contribution is 7.95. The van der Waals surface area contributed by atoms with Crippen molar-refractivity contribution < 1.29 is 8.42 Å². The Bertz CT molecular complexity index is 690. The number of benzene rings is 1. The summed E-state index contributed by atoms with van der Waals surface area (Å²) in [6.07, 6.45) is 3.03. The van der Waals surface area contributed by atoms with E-state index in [-0.39, 0.29) is 0 Å². The molecule has 1 aromatic carbocycles. The normalized spacial score (nSPS) is 11.9. The molecule has 0 saturated carbocycles. The van der Waals surface area contributed by atoms with Crippen LogP contribution in [-0.2, 0) is 10.0 Å². The lowest BCUT2D eigenvalue weighted by Gasteiger charge is -2.02. The summed E-state index contributed by atoms with van der Waals surface area (Å²) < 4.78 is 26.0. The van der Waals surface area contributed by atoms with Crippen molar-refractivity contribution in [2.45, 2.75) is 6.92 Å². The van der Waals surface area contributed by atoms with Gasteiger partial charge >= 0.3 is 0 Å². The number of sulfonamides is 1. The maximum Gasteiger partial charge on any atom is 0.256 e. The van der Waals surface area contributed by atoms with Gasteiger partial charge in [-0.3, -0.25) is 9.82 Å². The Hall–Kier alpha value is -1.79. The van der Waals surface area contributed by atoms with E-state index >= 15 is 0 Å². The molecule has 7 heteroatoms. The predicted octanol–water partition coefficient (Wildman–Crippen LogP) is 2.78. The monoisotopic (exact) mass is 297 g/mol. The molecule has 0 fully saturated rings. The van der Waals surface area contributed by atoms with Crippen LogP contribution in [-0.4, -0.2) is 18.6 Å². The second-order valence-corrected chi connectivity index (χ2v) is 5.93. The second-order valence-electron chi connectivity index (χ2n) is 3.93. The molecule has 5 nitrogen and oxygen atoms in total. The minimum Gasteiger partial charge on any atom is -0.264 e. The molecule has 0 aliphatic carbocycles. The lowest BCUT2D eigenvalue weighted by atomic mass is 10.2. The fourth-order valence-corrected chi connectivity index (χ4v) is 2.39. The summed E-state index contributed by atoms with van der Waals surface area (Å²) in [6, 6.07) is 6.85. The molecule has 0 atom stereocenters. The Morgan fingerprint density at radius 1 is 1.32 bits per heavy atom. The fraction of sp³-hybridized carbons (Fsp3) is 0.0833. The maximum absolute atomic E-state index is 11.8. The first-order chi connectivity index (χ1) is 8.96. The van der Waals surface area contributed by atoms with Crippen LogP contribution in [0.25, 0.3) is 6.08 Å². The third kappa shape index (κ3) is 3.84. The summed E-state index contributed by atoms with van der Waals surface area (Å²) in [5.74, 6) is 0.362. The average molecular weight is 298 g/mol. The molecule has 0 saturated heterocycles. The van der Waals surface area contributed by atoms with Crippen molar-refractivity contribution in [1.82, 2.24) is 10.2 Å². The van der Waals surface area contributed by atoms with Crippen LogP contribution in [0.1, 0.15) is 11.1 Å². The van der Waals surface area contributed by atoms with E-state index in [0.717, 1.165) is 16.5 Å². The maximum atomic E-state index is 11.8. The third-order valence-electron chi connectivity index (χ3n) is 2.38. The first-order valence-corrected chi connectivity index (χ1v) is 7.35. The number of rotatable bonds is 4. The molecule has 0 radical (unpaired) electrons. The molecule has 0 amide bonds. The molecule has 100 valence electrons. The molecule has 19 heavy (non-hydrogen) atoms. The van der Waals surface area contributed by atoms with Crippen LogP contribution >= 0.6 is 11.6 Å². The molecule has 1 aromatic heterocycles. The van der Waals surface area contributed by atoms with Crippen molar-refractivity contribution >= 4 is 33.5 Å². The van der Waals surface area contributed by atoms with Gasteiger partial charge in [0.1, 0.15) is 5.82 Å². The summed E-state index contributed by atoms with van der Waals surface area (Å²) in [5.41, 5.74) is 1.47. The van der Waals surface area contributed by atoms with Crippen LogP contribution < -0.4 is 4.72 Å². The Balaban J connectivity index is 2.13. The Kier molecular flexibility index (Phi) is 3.92. The Labute approximate surface area is 116 Å². The van der Waals surface area contributed by atoms with Gasteiger partial charge in [-0.05, 0) is 30.7 Å². The number of nitrogens with zero attached hydrogens (tertiary/aromatic N) is 1. The molecule has 2 N–H and O–H groups in total. The van der Waals surface area contributed by atoms with Gasteiger partial charge in [-0.2, -0.15) is 5.10 Å². The van der Waals surface area contributed by atoms with E-state index in [0.29, 0.717) is 10.8 Å².